The van der Waals surface area contributed by atoms with Gasteiger partial charge in [-0.3, -0.25) is 10.1 Å². The van der Waals surface area contributed by atoms with Crippen LogP contribution in [0, 0.1) is 0 Å². The third-order valence-electron chi connectivity index (χ3n) is 3.50. The molecular weight excluding hydrogens is 228 g/mol. The van der Waals surface area contributed by atoms with Gasteiger partial charge in [-0.05, 0) is 49.9 Å². The molecule has 1 unspecified atom stereocenters. The van der Waals surface area contributed by atoms with Gasteiger partial charge in [0.05, 0.1) is 7.11 Å². The number of benzene rings is 1. The molecule has 0 radical (unpaired) electrons. The lowest BCUT2D eigenvalue weighted by molar-refractivity contribution is -0.125. The number of rotatable bonds is 4. The number of ether oxygens (including phenoxy) is 1. The summed E-state index contributed by atoms with van der Waals surface area (Å²) in [5, 5.41) is 3.33. The number of hydrogen-bond acceptors (Lipinski definition) is 3. The van der Waals surface area contributed by atoms with Gasteiger partial charge >= 0.3 is 0 Å². The monoisotopic (exact) mass is 248 g/mol. The van der Waals surface area contributed by atoms with Gasteiger partial charge in [-0.1, -0.05) is 6.07 Å². The van der Waals surface area contributed by atoms with Gasteiger partial charge < -0.3 is 10.5 Å². The van der Waals surface area contributed by atoms with Crippen molar-refractivity contribution in [2.24, 2.45) is 5.73 Å². The second-order valence-electron chi connectivity index (χ2n) is 5.09. The second kappa shape index (κ2) is 4.61. The van der Waals surface area contributed by atoms with E-state index < -0.39 is 5.54 Å². The molecule has 1 aromatic rings. The summed E-state index contributed by atoms with van der Waals surface area (Å²) in [5.41, 5.74) is 7.02. The highest BCUT2D eigenvalue weighted by Crippen LogP contribution is 2.39. The highest BCUT2D eigenvalue weighted by molar-refractivity contribution is 5.88. The van der Waals surface area contributed by atoms with Gasteiger partial charge in [0, 0.05) is 6.04 Å². The number of aryl methyl sites for hydroxylation is 1. The fourth-order valence-electron chi connectivity index (χ4n) is 2.72. The Morgan fingerprint density at radius 1 is 1.50 bits per heavy atom. The number of hydrogen-bond donors (Lipinski definition) is 2. The first-order valence-corrected chi connectivity index (χ1v) is 6.24. The molecule has 0 aliphatic heterocycles. The maximum atomic E-state index is 11.9. The third-order valence-corrected chi connectivity index (χ3v) is 3.50. The minimum Gasteiger partial charge on any atom is -0.497 e. The van der Waals surface area contributed by atoms with E-state index in [9.17, 15) is 4.79 Å². The molecule has 1 aromatic carbocycles. The topological polar surface area (TPSA) is 64.3 Å². The van der Waals surface area contributed by atoms with E-state index in [-0.39, 0.29) is 11.9 Å². The molecule has 0 saturated heterocycles. The van der Waals surface area contributed by atoms with Crippen molar-refractivity contribution in [2.45, 2.75) is 38.3 Å². The molecule has 2 rings (SSSR count). The van der Waals surface area contributed by atoms with Crippen LogP contribution in [0.2, 0.25) is 0 Å². The van der Waals surface area contributed by atoms with Crippen molar-refractivity contribution in [1.29, 1.82) is 0 Å². The summed E-state index contributed by atoms with van der Waals surface area (Å²) in [6.07, 6.45) is 1.57. The Balaban J connectivity index is 2.51. The van der Waals surface area contributed by atoms with Gasteiger partial charge in [-0.25, -0.2) is 0 Å². The Morgan fingerprint density at radius 2 is 2.22 bits per heavy atom. The maximum Gasteiger partial charge on any atom is 0.242 e. The van der Waals surface area contributed by atoms with Crippen LogP contribution in [-0.4, -0.2) is 19.1 Å². The van der Waals surface area contributed by atoms with E-state index in [2.05, 4.69) is 5.32 Å². The van der Waals surface area contributed by atoms with Crippen molar-refractivity contribution in [2.75, 3.05) is 7.11 Å². The molecule has 4 nitrogen and oxygen atoms in total. The van der Waals surface area contributed by atoms with Crippen LogP contribution in [0.5, 0.6) is 5.75 Å². The van der Waals surface area contributed by atoms with Crippen LogP contribution in [0.25, 0.3) is 0 Å². The van der Waals surface area contributed by atoms with Crippen LogP contribution in [0.1, 0.15) is 31.4 Å². The van der Waals surface area contributed by atoms with Gasteiger partial charge in [0.2, 0.25) is 5.91 Å². The minimum absolute atomic E-state index is 0.189. The summed E-state index contributed by atoms with van der Waals surface area (Å²) in [6, 6.07) is 6.05. The van der Waals surface area contributed by atoms with E-state index in [0.29, 0.717) is 6.42 Å². The van der Waals surface area contributed by atoms with Crippen LogP contribution in [0.3, 0.4) is 0 Å². The van der Waals surface area contributed by atoms with Crippen LogP contribution < -0.4 is 15.8 Å². The number of carbonyl (C=O) groups excluding carboxylic acids is 1. The lowest BCUT2D eigenvalue weighted by atomic mass is 9.90. The van der Waals surface area contributed by atoms with Crippen molar-refractivity contribution in [3.8, 4) is 5.75 Å². The lowest BCUT2D eigenvalue weighted by Gasteiger charge is -2.30. The molecule has 4 heteroatoms. The number of carbonyl (C=O) groups is 1. The fourth-order valence-corrected chi connectivity index (χ4v) is 2.72. The number of methoxy groups -OCH3 is 1. The molecule has 0 heterocycles. The summed E-state index contributed by atoms with van der Waals surface area (Å²) < 4.78 is 5.24. The average Bonchev–Trinajstić information content (AvgIpc) is 2.68. The highest BCUT2D eigenvalue weighted by atomic mass is 16.5. The highest BCUT2D eigenvalue weighted by Gasteiger charge is 2.44. The largest absolute Gasteiger partial charge is 0.497 e. The number of nitrogens with one attached hydrogen (secondary N) is 1. The van der Waals surface area contributed by atoms with E-state index in [0.717, 1.165) is 17.7 Å². The minimum atomic E-state index is -0.752. The smallest absolute Gasteiger partial charge is 0.242 e. The Labute approximate surface area is 108 Å². The fraction of sp³-hybridized carbons (Fsp3) is 0.500. The molecule has 1 aliphatic rings. The van der Waals surface area contributed by atoms with Crippen molar-refractivity contribution < 1.29 is 9.53 Å². The Hall–Kier alpha value is -1.55. The summed E-state index contributed by atoms with van der Waals surface area (Å²) in [5.74, 6) is 0.440. The average molecular weight is 248 g/mol. The zero-order valence-electron chi connectivity index (χ0n) is 11.1. The van der Waals surface area contributed by atoms with E-state index in [4.69, 9.17) is 10.5 Å². The molecule has 1 atom stereocenters. The van der Waals surface area contributed by atoms with Crippen molar-refractivity contribution in [1.82, 2.24) is 5.32 Å². The number of amides is 1. The van der Waals surface area contributed by atoms with E-state index in [1.807, 2.05) is 32.0 Å². The number of primary amides is 1. The van der Waals surface area contributed by atoms with Crippen molar-refractivity contribution in [3.05, 3.63) is 29.3 Å². The first kappa shape index (κ1) is 12.9. The Bertz CT molecular complexity index is 471. The van der Waals surface area contributed by atoms with Gasteiger partial charge in [0.25, 0.3) is 0 Å². The second-order valence-corrected chi connectivity index (χ2v) is 5.09. The molecule has 0 aromatic heterocycles. The first-order valence-electron chi connectivity index (χ1n) is 6.24. The van der Waals surface area contributed by atoms with Crippen LogP contribution in [-0.2, 0) is 16.8 Å². The Kier molecular flexibility index (Phi) is 3.30. The SMILES string of the molecule is COc1ccc2c(c1)C(NC(C)C)(C(N)=O)CC2. The van der Waals surface area contributed by atoms with Gasteiger partial charge in [-0.15, -0.1) is 0 Å². The normalized spacial score (nSPS) is 22.0. The number of fused-ring (bicyclic) bond motifs is 1. The predicted octanol–water partition coefficient (Wildman–Crippen LogP) is 1.32. The van der Waals surface area contributed by atoms with Crippen LogP contribution >= 0.6 is 0 Å². The molecule has 0 fully saturated rings. The van der Waals surface area contributed by atoms with E-state index in [1.165, 1.54) is 5.56 Å². The van der Waals surface area contributed by atoms with Crippen LogP contribution in [0.15, 0.2) is 18.2 Å². The Morgan fingerprint density at radius 3 is 2.78 bits per heavy atom. The molecule has 0 bridgehead atoms. The van der Waals surface area contributed by atoms with E-state index in [1.54, 1.807) is 7.11 Å². The lowest BCUT2D eigenvalue weighted by Crippen LogP contribution is -2.53. The predicted molar refractivity (Wildman–Crippen MR) is 70.5 cm³/mol. The van der Waals surface area contributed by atoms with Crippen molar-refractivity contribution in [3.63, 3.8) is 0 Å². The third kappa shape index (κ3) is 1.97. The van der Waals surface area contributed by atoms with Crippen LogP contribution in [0.4, 0.5) is 0 Å². The summed E-state index contributed by atoms with van der Waals surface area (Å²) >= 11 is 0. The molecule has 3 N–H and O–H groups in total. The summed E-state index contributed by atoms with van der Waals surface area (Å²) in [4.78, 5) is 11.9. The molecule has 18 heavy (non-hydrogen) atoms. The van der Waals surface area contributed by atoms with E-state index >= 15 is 0 Å². The van der Waals surface area contributed by atoms with Gasteiger partial charge in [0.15, 0.2) is 0 Å². The zero-order valence-corrected chi connectivity index (χ0v) is 11.1. The molecule has 98 valence electrons. The molecular formula is C14H20N2O2. The maximum absolute atomic E-state index is 11.9. The van der Waals surface area contributed by atoms with Gasteiger partial charge in [-0.2, -0.15) is 0 Å². The first-order chi connectivity index (χ1) is 8.49. The molecule has 0 saturated carbocycles. The molecule has 1 amide bonds. The summed E-state index contributed by atoms with van der Waals surface area (Å²) in [6.45, 7) is 4.03. The standard InChI is InChI=1S/C14H20N2O2/c1-9(2)16-14(13(15)17)7-6-10-4-5-11(18-3)8-12(10)14/h4-5,8-9,16H,6-7H2,1-3H3,(H2,15,17). The van der Waals surface area contributed by atoms with Gasteiger partial charge in [0.1, 0.15) is 11.3 Å². The van der Waals surface area contributed by atoms with Crippen molar-refractivity contribution >= 4 is 5.91 Å². The summed E-state index contributed by atoms with van der Waals surface area (Å²) in [7, 11) is 1.62. The molecule has 1 aliphatic carbocycles. The molecule has 0 spiro atoms. The zero-order chi connectivity index (χ0) is 13.3. The number of nitrogens with two attached hydrogens (primary N) is 1. The quantitative estimate of drug-likeness (QED) is 0.844.